The quantitative estimate of drug-likeness (QED) is 0.600. The second-order valence-electron chi connectivity index (χ2n) is 4.25. The Balaban J connectivity index is 2.45. The molecule has 2 atom stereocenters. The Hall–Kier alpha value is -0.350. The molecule has 1 heteroatoms. The minimum absolute atomic E-state index is 0.239. The lowest BCUT2D eigenvalue weighted by molar-refractivity contribution is 1.25. The number of hydrogen-bond donors (Lipinski definition) is 0. The van der Waals surface area contributed by atoms with Crippen molar-refractivity contribution in [2.75, 3.05) is 6.16 Å². The molecular formula is C12H17P. The summed E-state index contributed by atoms with van der Waals surface area (Å²) in [5.74, 6) is 0. The van der Waals surface area contributed by atoms with Crippen molar-refractivity contribution < 1.29 is 0 Å². The van der Waals surface area contributed by atoms with Crippen molar-refractivity contribution in [3.8, 4) is 0 Å². The van der Waals surface area contributed by atoms with Crippen LogP contribution in [0.5, 0.6) is 0 Å². The fourth-order valence-electron chi connectivity index (χ4n) is 2.17. The van der Waals surface area contributed by atoms with E-state index in [2.05, 4.69) is 39.8 Å². The maximum absolute atomic E-state index is 2.38. The highest BCUT2D eigenvalue weighted by molar-refractivity contribution is 7.73. The van der Waals surface area contributed by atoms with Gasteiger partial charge in [-0.1, -0.05) is 32.5 Å². The molecule has 0 bridgehead atoms. The molecule has 1 heterocycles. The third kappa shape index (κ3) is 1.65. The molecule has 13 heavy (non-hydrogen) atoms. The molecule has 0 spiro atoms. The number of aryl methyl sites for hydroxylation is 3. The predicted octanol–water partition coefficient (Wildman–Crippen LogP) is 3.12. The highest BCUT2D eigenvalue weighted by atomic mass is 31.1. The van der Waals surface area contributed by atoms with Crippen molar-refractivity contribution in [3.63, 3.8) is 0 Å². The largest absolute Gasteiger partial charge is 0.0708 e. The van der Waals surface area contributed by atoms with Crippen LogP contribution in [-0.4, -0.2) is 11.8 Å². The van der Waals surface area contributed by atoms with Gasteiger partial charge in [-0.2, -0.15) is 0 Å². The van der Waals surface area contributed by atoms with Crippen molar-refractivity contribution >= 4 is 13.2 Å². The Bertz CT molecular complexity index is 318. The first kappa shape index (κ1) is 9.21. The molecule has 0 radical (unpaired) electrons. The summed E-state index contributed by atoms with van der Waals surface area (Å²) in [5, 5.41) is 1.69. The smallest absolute Gasteiger partial charge is 0.0155 e. The highest BCUT2D eigenvalue weighted by Gasteiger charge is 2.35. The average Bonchev–Trinajstić information content (AvgIpc) is 2.64. The molecule has 1 aliphatic rings. The van der Waals surface area contributed by atoms with Crippen molar-refractivity contribution in [1.82, 2.24) is 0 Å². The lowest BCUT2D eigenvalue weighted by Crippen LogP contribution is -2.06. The minimum atomic E-state index is 0.239. The van der Waals surface area contributed by atoms with Crippen LogP contribution in [0.4, 0.5) is 0 Å². The molecule has 0 saturated carbocycles. The van der Waals surface area contributed by atoms with Gasteiger partial charge in [-0.3, -0.25) is 0 Å². The lowest BCUT2D eigenvalue weighted by atomic mass is 10.1. The number of rotatable bonds is 1. The van der Waals surface area contributed by atoms with E-state index in [0.29, 0.717) is 0 Å². The highest BCUT2D eigenvalue weighted by Crippen LogP contribution is 2.58. The van der Waals surface area contributed by atoms with Crippen LogP contribution in [0, 0.1) is 20.8 Å². The summed E-state index contributed by atoms with van der Waals surface area (Å²) in [4.78, 5) is 0. The van der Waals surface area contributed by atoms with Gasteiger partial charge in [0.25, 0.3) is 0 Å². The second-order valence-corrected chi connectivity index (χ2v) is 6.88. The first-order valence-corrected chi connectivity index (χ1v) is 6.53. The molecule has 2 rings (SSSR count). The molecule has 1 saturated heterocycles. The topological polar surface area (TPSA) is 0 Å². The average molecular weight is 192 g/mol. The molecule has 70 valence electrons. The predicted molar refractivity (Wildman–Crippen MR) is 61.5 cm³/mol. The van der Waals surface area contributed by atoms with Crippen LogP contribution < -0.4 is 5.30 Å². The van der Waals surface area contributed by atoms with Gasteiger partial charge >= 0.3 is 0 Å². The van der Waals surface area contributed by atoms with Crippen LogP contribution >= 0.6 is 7.92 Å². The van der Waals surface area contributed by atoms with Gasteiger partial charge in [-0.25, -0.2) is 0 Å². The zero-order chi connectivity index (χ0) is 9.59. The number of hydrogen-bond acceptors (Lipinski definition) is 0. The summed E-state index contributed by atoms with van der Waals surface area (Å²) < 4.78 is 0. The van der Waals surface area contributed by atoms with Crippen LogP contribution in [-0.2, 0) is 0 Å². The minimum Gasteiger partial charge on any atom is -0.0708 e. The lowest BCUT2D eigenvalue weighted by Gasteiger charge is -2.10. The van der Waals surface area contributed by atoms with E-state index in [-0.39, 0.29) is 7.92 Å². The third-order valence-corrected chi connectivity index (χ3v) is 5.78. The Morgan fingerprint density at radius 1 is 1.15 bits per heavy atom. The fourth-order valence-corrected chi connectivity index (χ4v) is 4.55. The Morgan fingerprint density at radius 3 is 2.00 bits per heavy atom. The second kappa shape index (κ2) is 3.10. The van der Waals surface area contributed by atoms with Gasteiger partial charge in [0, 0.05) is 0 Å². The van der Waals surface area contributed by atoms with Crippen LogP contribution in [0.3, 0.4) is 0 Å². The first-order chi connectivity index (χ1) is 6.09. The van der Waals surface area contributed by atoms with Crippen molar-refractivity contribution in [3.05, 3.63) is 28.8 Å². The number of benzene rings is 1. The Kier molecular flexibility index (Phi) is 2.20. The van der Waals surface area contributed by atoms with Gasteiger partial charge < -0.3 is 0 Å². The molecule has 1 fully saturated rings. The molecular weight excluding hydrogens is 175 g/mol. The summed E-state index contributed by atoms with van der Waals surface area (Å²) in [7, 11) is 0.239. The van der Waals surface area contributed by atoms with Crippen LogP contribution in [0.1, 0.15) is 23.6 Å². The van der Waals surface area contributed by atoms with E-state index in [9.17, 15) is 0 Å². The standard InChI is InChI=1S/C12H17P/c1-8-5-9(2)12(10(3)6-8)13-7-11(13)4/h5-6,11H,7H2,1-4H3/t11-,13+/m1/s1. The Labute approximate surface area is 82.1 Å². The fraction of sp³-hybridized carbons (Fsp3) is 0.500. The molecule has 0 aliphatic carbocycles. The van der Waals surface area contributed by atoms with Gasteiger partial charge in [-0.05, 0) is 49.0 Å². The zero-order valence-corrected chi connectivity index (χ0v) is 9.78. The van der Waals surface area contributed by atoms with Gasteiger partial charge in [0.15, 0.2) is 0 Å². The van der Waals surface area contributed by atoms with E-state index in [4.69, 9.17) is 0 Å². The van der Waals surface area contributed by atoms with Crippen molar-refractivity contribution in [1.29, 1.82) is 0 Å². The van der Waals surface area contributed by atoms with Gasteiger partial charge in [0.2, 0.25) is 0 Å². The van der Waals surface area contributed by atoms with Crippen LogP contribution in [0.2, 0.25) is 0 Å². The Morgan fingerprint density at radius 2 is 1.62 bits per heavy atom. The van der Waals surface area contributed by atoms with Crippen molar-refractivity contribution in [2.24, 2.45) is 0 Å². The summed E-state index contributed by atoms with van der Waals surface area (Å²) >= 11 is 0. The van der Waals surface area contributed by atoms with E-state index in [1.165, 1.54) is 22.9 Å². The van der Waals surface area contributed by atoms with Crippen LogP contribution in [0.15, 0.2) is 12.1 Å². The summed E-state index contributed by atoms with van der Waals surface area (Å²) in [6.45, 7) is 9.10. The summed E-state index contributed by atoms with van der Waals surface area (Å²) in [6.07, 6.45) is 1.46. The van der Waals surface area contributed by atoms with Gasteiger partial charge in [0.1, 0.15) is 0 Å². The van der Waals surface area contributed by atoms with E-state index in [1.54, 1.807) is 5.30 Å². The van der Waals surface area contributed by atoms with E-state index in [0.717, 1.165) is 5.66 Å². The first-order valence-electron chi connectivity index (χ1n) is 4.94. The summed E-state index contributed by atoms with van der Waals surface area (Å²) in [5.41, 5.74) is 5.43. The van der Waals surface area contributed by atoms with Gasteiger partial charge in [-0.15, -0.1) is 0 Å². The molecule has 0 nitrogen and oxygen atoms in total. The molecule has 1 aromatic rings. The van der Waals surface area contributed by atoms with Crippen molar-refractivity contribution in [2.45, 2.75) is 33.4 Å². The van der Waals surface area contributed by atoms with Crippen LogP contribution in [0.25, 0.3) is 0 Å². The van der Waals surface area contributed by atoms with E-state index in [1.807, 2.05) is 0 Å². The van der Waals surface area contributed by atoms with E-state index < -0.39 is 0 Å². The van der Waals surface area contributed by atoms with E-state index >= 15 is 0 Å². The molecule has 1 aliphatic heterocycles. The SMILES string of the molecule is Cc1cc(C)c([P@@]2C[C@H]2C)c(C)c1. The van der Waals surface area contributed by atoms with Gasteiger partial charge in [0.05, 0.1) is 0 Å². The molecule has 0 aromatic heterocycles. The molecule has 0 N–H and O–H groups in total. The normalized spacial score (nSPS) is 26.2. The monoisotopic (exact) mass is 192 g/mol. The third-order valence-electron chi connectivity index (χ3n) is 2.78. The zero-order valence-electron chi connectivity index (χ0n) is 8.89. The molecule has 0 amide bonds. The molecule has 0 unspecified atom stereocenters. The summed E-state index contributed by atoms with van der Waals surface area (Å²) in [6, 6.07) is 4.66. The molecule has 1 aromatic carbocycles. The maximum Gasteiger partial charge on any atom is -0.0155 e. The maximum atomic E-state index is 2.38.